The van der Waals surface area contributed by atoms with Gasteiger partial charge in [0, 0.05) is 11.6 Å². The van der Waals surface area contributed by atoms with E-state index in [0.717, 1.165) is 0 Å². The van der Waals surface area contributed by atoms with Crippen molar-refractivity contribution in [2.24, 2.45) is 5.92 Å². The van der Waals surface area contributed by atoms with Gasteiger partial charge in [-0.2, -0.15) is 0 Å². The van der Waals surface area contributed by atoms with Gasteiger partial charge < -0.3 is 25.4 Å². The number of phenolic OH excluding ortho intramolecular Hbond substituents is 1. The van der Waals surface area contributed by atoms with E-state index >= 15 is 0 Å². The molecule has 0 heterocycles. The number of aromatic hydroxyl groups is 1. The number of alkyl carbamates (subject to hydrolysis) is 1. The van der Waals surface area contributed by atoms with Gasteiger partial charge in [-0.05, 0) is 91.5 Å². The Morgan fingerprint density at radius 1 is 1.03 bits per heavy atom. The van der Waals surface area contributed by atoms with Gasteiger partial charge in [-0.15, -0.1) is 0 Å². The molecule has 0 aliphatic heterocycles. The van der Waals surface area contributed by atoms with Gasteiger partial charge >= 0.3 is 6.09 Å². The van der Waals surface area contributed by atoms with Crippen LogP contribution in [0.25, 0.3) is 0 Å². The van der Waals surface area contributed by atoms with Crippen molar-refractivity contribution in [3.8, 4) is 5.75 Å². The van der Waals surface area contributed by atoms with E-state index in [1.165, 1.54) is 11.0 Å². The lowest BCUT2D eigenvalue weighted by Crippen LogP contribution is -2.60. The van der Waals surface area contributed by atoms with Crippen molar-refractivity contribution in [3.05, 3.63) is 29.3 Å². The summed E-state index contributed by atoms with van der Waals surface area (Å²) in [6.45, 7) is 20.1. The van der Waals surface area contributed by atoms with Gasteiger partial charge in [-0.1, -0.05) is 26.3 Å². The molecule has 0 spiro atoms. The lowest BCUT2D eigenvalue weighted by atomic mass is 9.91. The first-order chi connectivity index (χ1) is 15.9. The second kappa shape index (κ2) is 11.8. The van der Waals surface area contributed by atoms with Crippen LogP contribution in [0.15, 0.2) is 18.2 Å². The standard InChI is InChI=1S/C27H45N3O5/c1-12-17(4)21(29-25(34)35-27(9,10)11)24(33)30(26(6,7)8)22(23(32)28-16(2)3)19-13-14-20(31)18(5)15-19/h13-17,21-22,31H,12H2,1-11H3,(H,28,32)(H,29,34). The molecule has 0 aromatic heterocycles. The minimum Gasteiger partial charge on any atom is -0.508 e. The molecule has 35 heavy (non-hydrogen) atoms. The normalized spacial score (nSPS) is 14.6. The number of benzene rings is 1. The van der Waals surface area contributed by atoms with E-state index in [1.807, 2.05) is 48.5 Å². The van der Waals surface area contributed by atoms with Crippen molar-refractivity contribution in [1.29, 1.82) is 0 Å². The number of amides is 3. The van der Waals surface area contributed by atoms with Gasteiger partial charge in [0.2, 0.25) is 11.8 Å². The summed E-state index contributed by atoms with van der Waals surface area (Å²) in [5.74, 6) is -0.828. The molecule has 8 heteroatoms. The monoisotopic (exact) mass is 491 g/mol. The van der Waals surface area contributed by atoms with Crippen molar-refractivity contribution < 1.29 is 24.2 Å². The van der Waals surface area contributed by atoms with Gasteiger partial charge in [-0.3, -0.25) is 9.59 Å². The third-order valence-electron chi connectivity index (χ3n) is 5.59. The number of phenols is 1. The summed E-state index contributed by atoms with van der Waals surface area (Å²) >= 11 is 0. The molecular weight excluding hydrogens is 446 g/mol. The highest BCUT2D eigenvalue weighted by atomic mass is 16.6. The largest absolute Gasteiger partial charge is 0.508 e. The molecule has 0 bridgehead atoms. The van der Waals surface area contributed by atoms with E-state index in [9.17, 15) is 19.5 Å². The van der Waals surface area contributed by atoms with Crippen molar-refractivity contribution in [2.75, 3.05) is 0 Å². The van der Waals surface area contributed by atoms with Crippen molar-refractivity contribution >= 4 is 17.9 Å². The highest BCUT2D eigenvalue weighted by molar-refractivity contribution is 5.93. The predicted octanol–water partition coefficient (Wildman–Crippen LogP) is 4.83. The highest BCUT2D eigenvalue weighted by Crippen LogP contribution is 2.33. The van der Waals surface area contributed by atoms with E-state index in [0.29, 0.717) is 17.5 Å². The van der Waals surface area contributed by atoms with Gasteiger partial charge in [0.1, 0.15) is 23.4 Å². The number of nitrogens with one attached hydrogen (secondary N) is 2. The molecule has 0 saturated heterocycles. The molecule has 0 saturated carbocycles. The minimum absolute atomic E-state index is 0.106. The number of carbonyl (C=O) groups is 3. The maximum atomic E-state index is 14.2. The molecule has 0 aliphatic carbocycles. The Bertz CT molecular complexity index is 899. The molecule has 0 aliphatic rings. The van der Waals surface area contributed by atoms with E-state index in [2.05, 4.69) is 10.6 Å². The van der Waals surface area contributed by atoms with Gasteiger partial charge in [0.05, 0.1) is 0 Å². The smallest absolute Gasteiger partial charge is 0.408 e. The Labute approximate surface area is 210 Å². The third-order valence-corrected chi connectivity index (χ3v) is 5.59. The average Bonchev–Trinajstić information content (AvgIpc) is 2.68. The molecule has 3 N–H and O–H groups in total. The Morgan fingerprint density at radius 2 is 1.60 bits per heavy atom. The lowest BCUT2D eigenvalue weighted by molar-refractivity contribution is -0.149. The summed E-state index contributed by atoms with van der Waals surface area (Å²) in [4.78, 5) is 41.9. The van der Waals surface area contributed by atoms with Crippen LogP contribution < -0.4 is 10.6 Å². The molecule has 3 amide bonds. The Hall–Kier alpha value is -2.77. The topological polar surface area (TPSA) is 108 Å². The summed E-state index contributed by atoms with van der Waals surface area (Å²) in [5, 5.41) is 15.7. The molecule has 3 atom stereocenters. The summed E-state index contributed by atoms with van der Waals surface area (Å²) < 4.78 is 5.42. The predicted molar refractivity (Wildman–Crippen MR) is 138 cm³/mol. The maximum absolute atomic E-state index is 14.2. The fourth-order valence-corrected chi connectivity index (χ4v) is 3.74. The van der Waals surface area contributed by atoms with Crippen LogP contribution in [0.3, 0.4) is 0 Å². The maximum Gasteiger partial charge on any atom is 0.408 e. The number of ether oxygens (including phenoxy) is 1. The molecule has 1 aromatic carbocycles. The van der Waals surface area contributed by atoms with Crippen molar-refractivity contribution in [3.63, 3.8) is 0 Å². The molecule has 0 radical (unpaired) electrons. The second-order valence-corrected chi connectivity index (χ2v) is 11.5. The fourth-order valence-electron chi connectivity index (χ4n) is 3.74. The van der Waals surface area contributed by atoms with Gasteiger partial charge in [-0.25, -0.2) is 4.79 Å². The number of carbonyl (C=O) groups excluding carboxylic acids is 3. The molecule has 1 rings (SSSR count). The zero-order chi connectivity index (χ0) is 27.3. The summed E-state index contributed by atoms with van der Waals surface area (Å²) in [7, 11) is 0. The van der Waals surface area contributed by atoms with Crippen LogP contribution in [0.2, 0.25) is 0 Å². The van der Waals surface area contributed by atoms with Crippen LogP contribution in [0.1, 0.15) is 92.8 Å². The van der Waals surface area contributed by atoms with E-state index in [4.69, 9.17) is 4.74 Å². The quantitative estimate of drug-likeness (QED) is 0.483. The van der Waals surface area contributed by atoms with E-state index < -0.39 is 29.3 Å². The van der Waals surface area contributed by atoms with Crippen LogP contribution in [0.5, 0.6) is 5.75 Å². The number of rotatable bonds is 8. The van der Waals surface area contributed by atoms with Gasteiger partial charge in [0.15, 0.2) is 0 Å². The third kappa shape index (κ3) is 8.75. The number of aryl methyl sites for hydroxylation is 1. The summed E-state index contributed by atoms with van der Waals surface area (Å²) in [6.07, 6.45) is -0.0561. The highest BCUT2D eigenvalue weighted by Gasteiger charge is 2.43. The van der Waals surface area contributed by atoms with Crippen LogP contribution >= 0.6 is 0 Å². The lowest BCUT2D eigenvalue weighted by Gasteiger charge is -2.44. The van der Waals surface area contributed by atoms with Crippen LogP contribution in [0, 0.1) is 12.8 Å². The number of hydrogen-bond donors (Lipinski definition) is 3. The molecular formula is C27H45N3O5. The van der Waals surface area contributed by atoms with E-state index in [-0.39, 0.29) is 29.5 Å². The number of hydrogen-bond acceptors (Lipinski definition) is 5. The van der Waals surface area contributed by atoms with Crippen molar-refractivity contribution in [2.45, 2.75) is 112 Å². The fraction of sp³-hybridized carbons (Fsp3) is 0.667. The van der Waals surface area contributed by atoms with Crippen LogP contribution in [-0.2, 0) is 14.3 Å². The first-order valence-corrected chi connectivity index (χ1v) is 12.3. The molecule has 8 nitrogen and oxygen atoms in total. The zero-order valence-electron chi connectivity index (χ0n) is 23.3. The van der Waals surface area contributed by atoms with Crippen LogP contribution in [-0.4, -0.2) is 51.1 Å². The molecule has 0 fully saturated rings. The first-order valence-electron chi connectivity index (χ1n) is 12.3. The second-order valence-electron chi connectivity index (χ2n) is 11.5. The summed E-state index contributed by atoms with van der Waals surface area (Å²) in [6, 6.07) is 2.86. The van der Waals surface area contributed by atoms with Gasteiger partial charge in [0.25, 0.3) is 0 Å². The molecule has 3 unspecified atom stereocenters. The first kappa shape index (κ1) is 30.3. The Balaban J connectivity index is 3.64. The zero-order valence-corrected chi connectivity index (χ0v) is 23.3. The number of nitrogens with zero attached hydrogens (tertiary/aromatic N) is 1. The average molecular weight is 492 g/mol. The van der Waals surface area contributed by atoms with Crippen LogP contribution in [0.4, 0.5) is 4.79 Å². The SMILES string of the molecule is CCC(C)C(NC(=O)OC(C)(C)C)C(=O)N(C(C(=O)NC(C)C)c1ccc(O)c(C)c1)C(C)(C)C. The molecule has 1 aromatic rings. The Kier molecular flexibility index (Phi) is 10.2. The molecule has 198 valence electrons. The van der Waals surface area contributed by atoms with E-state index in [1.54, 1.807) is 39.8 Å². The minimum atomic E-state index is -0.976. The summed E-state index contributed by atoms with van der Waals surface area (Å²) in [5.41, 5.74) is -0.332. The van der Waals surface area contributed by atoms with Crippen molar-refractivity contribution in [1.82, 2.24) is 15.5 Å². The Morgan fingerprint density at radius 3 is 2.03 bits per heavy atom.